The average molecular weight is 753 g/mol. The van der Waals surface area contributed by atoms with Crippen LogP contribution in [0.15, 0.2) is 42.2 Å². The first-order valence-corrected chi connectivity index (χ1v) is 19.5. The normalized spacial score (nSPS) is 35.2. The van der Waals surface area contributed by atoms with Crippen LogP contribution in [-0.2, 0) is 35.1 Å². The number of hydrogen-bond acceptors (Lipinski definition) is 12. The topological polar surface area (TPSA) is 158 Å². The number of cyclic esters (lactones) is 1. The van der Waals surface area contributed by atoms with E-state index in [2.05, 4.69) is 28.3 Å². The van der Waals surface area contributed by atoms with Gasteiger partial charge in [0.2, 0.25) is 0 Å². The third-order valence-corrected chi connectivity index (χ3v) is 11.6. The Bertz CT molecular complexity index is 1620. The van der Waals surface area contributed by atoms with Crippen LogP contribution in [-0.4, -0.2) is 122 Å². The fourth-order valence-electron chi connectivity index (χ4n) is 8.46. The Hall–Kier alpha value is -3.72. The summed E-state index contributed by atoms with van der Waals surface area (Å²) in [7, 11) is 3.82. The van der Waals surface area contributed by atoms with Crippen molar-refractivity contribution >= 4 is 17.8 Å². The van der Waals surface area contributed by atoms with Crippen molar-refractivity contribution in [2.75, 3.05) is 20.6 Å². The van der Waals surface area contributed by atoms with Gasteiger partial charge >= 0.3 is 12.1 Å². The molecule has 5 heterocycles. The van der Waals surface area contributed by atoms with E-state index in [4.69, 9.17) is 18.9 Å². The predicted molar refractivity (Wildman–Crippen MR) is 201 cm³/mol. The van der Waals surface area contributed by atoms with Crippen LogP contribution in [0.5, 0.6) is 0 Å². The second-order valence-electron chi connectivity index (χ2n) is 15.9. The molecule has 14 heteroatoms. The van der Waals surface area contributed by atoms with E-state index in [9.17, 15) is 19.5 Å². The van der Waals surface area contributed by atoms with E-state index in [1.807, 2.05) is 71.1 Å². The zero-order chi connectivity index (χ0) is 39.3. The molecular weight excluding hydrogens is 692 g/mol. The molecule has 2 aromatic heterocycles. The summed E-state index contributed by atoms with van der Waals surface area (Å²) in [6, 6.07) is 5.07. The minimum atomic E-state index is -1.14. The number of aliphatic hydroxyl groups excluding tert-OH is 1. The number of allylic oxidation sites excluding steroid dienone is 1. The van der Waals surface area contributed by atoms with E-state index in [0.29, 0.717) is 50.9 Å². The number of pyridine rings is 1. The maximum absolute atomic E-state index is 14.0. The third kappa shape index (κ3) is 9.04. The van der Waals surface area contributed by atoms with Gasteiger partial charge in [-0.2, -0.15) is 0 Å². The highest BCUT2D eigenvalue weighted by Gasteiger charge is 2.58. The summed E-state index contributed by atoms with van der Waals surface area (Å²) in [6.45, 7) is 14.1. The first-order valence-electron chi connectivity index (χ1n) is 19.5. The third-order valence-electron chi connectivity index (χ3n) is 11.6. The molecule has 1 N–H and O–H groups in total. The number of rotatable bonds is 10. The van der Waals surface area contributed by atoms with E-state index in [1.54, 1.807) is 29.6 Å². The van der Waals surface area contributed by atoms with Crippen molar-refractivity contribution in [3.63, 3.8) is 0 Å². The summed E-state index contributed by atoms with van der Waals surface area (Å²) in [5, 5.41) is 19.8. The molecule has 2 aromatic rings. The van der Waals surface area contributed by atoms with Crippen molar-refractivity contribution in [1.29, 1.82) is 0 Å². The summed E-state index contributed by atoms with van der Waals surface area (Å²) in [5.74, 6) is -2.90. The molecule has 14 nitrogen and oxygen atoms in total. The van der Waals surface area contributed by atoms with E-state index >= 15 is 0 Å². The van der Waals surface area contributed by atoms with Crippen LogP contribution in [0.2, 0.25) is 0 Å². The lowest BCUT2D eigenvalue weighted by atomic mass is 9.79. The van der Waals surface area contributed by atoms with Crippen molar-refractivity contribution in [3.8, 4) is 11.4 Å². The number of aliphatic hydroxyl groups is 1. The van der Waals surface area contributed by atoms with Crippen LogP contribution in [0.25, 0.3) is 11.4 Å². The van der Waals surface area contributed by atoms with Gasteiger partial charge in [-0.3, -0.25) is 19.3 Å². The molecule has 0 bridgehead atoms. The number of aryl methyl sites for hydroxylation is 1. The first-order chi connectivity index (χ1) is 25.7. The molecule has 11 atom stereocenters. The number of amides is 1. The van der Waals surface area contributed by atoms with Crippen LogP contribution < -0.4 is 0 Å². The minimum absolute atomic E-state index is 0.0431. The number of nitrogens with zero attached hydrogens (tertiary/aromatic N) is 6. The number of aromatic nitrogens is 4. The van der Waals surface area contributed by atoms with Crippen LogP contribution in [0.3, 0.4) is 0 Å². The highest BCUT2D eigenvalue weighted by atomic mass is 16.7. The maximum Gasteiger partial charge on any atom is 0.410 e. The van der Waals surface area contributed by atoms with Gasteiger partial charge in [-0.15, -0.1) is 5.10 Å². The van der Waals surface area contributed by atoms with Crippen LogP contribution in [0.1, 0.15) is 87.0 Å². The zero-order valence-electron chi connectivity index (χ0n) is 33.4. The Kier molecular flexibility index (Phi) is 13.7. The highest BCUT2D eigenvalue weighted by molar-refractivity contribution is 6.00. The van der Waals surface area contributed by atoms with Gasteiger partial charge in [-0.1, -0.05) is 38.1 Å². The number of unbranched alkanes of at least 4 members (excludes halogenated alkanes) is 1. The van der Waals surface area contributed by atoms with Gasteiger partial charge in [0.1, 0.15) is 23.8 Å². The van der Waals surface area contributed by atoms with Crippen molar-refractivity contribution in [2.24, 2.45) is 17.8 Å². The molecule has 54 heavy (non-hydrogen) atoms. The molecule has 298 valence electrons. The van der Waals surface area contributed by atoms with Gasteiger partial charge in [-0.25, -0.2) is 4.79 Å². The quantitative estimate of drug-likeness (QED) is 0.149. The summed E-state index contributed by atoms with van der Waals surface area (Å²) in [4.78, 5) is 49.5. The largest absolute Gasteiger partial charge is 0.458 e. The van der Waals surface area contributed by atoms with Crippen LogP contribution in [0, 0.1) is 17.8 Å². The molecule has 3 aliphatic heterocycles. The number of esters is 1. The second-order valence-corrected chi connectivity index (χ2v) is 15.9. The average Bonchev–Trinajstić information content (AvgIpc) is 3.72. The van der Waals surface area contributed by atoms with Gasteiger partial charge in [-0.05, 0) is 104 Å². The molecule has 2 unspecified atom stereocenters. The Labute approximate surface area is 319 Å². The molecule has 2 fully saturated rings. The molecule has 1 amide bonds. The van der Waals surface area contributed by atoms with Gasteiger partial charge in [0.25, 0.3) is 0 Å². The molecule has 3 aliphatic rings. The molecule has 0 aliphatic carbocycles. The van der Waals surface area contributed by atoms with Crippen molar-refractivity contribution in [1.82, 2.24) is 29.8 Å². The first kappa shape index (κ1) is 41.4. The fourth-order valence-corrected chi connectivity index (χ4v) is 8.46. The smallest absolute Gasteiger partial charge is 0.410 e. The van der Waals surface area contributed by atoms with Gasteiger partial charge in [0.15, 0.2) is 17.7 Å². The number of carbonyl (C=O) groups excluding carboxylic acids is 3. The van der Waals surface area contributed by atoms with Crippen molar-refractivity contribution in [2.45, 2.75) is 142 Å². The Morgan fingerprint density at radius 1 is 1.07 bits per heavy atom. The Morgan fingerprint density at radius 2 is 1.81 bits per heavy atom. The van der Waals surface area contributed by atoms with Crippen LogP contribution >= 0.6 is 0 Å². The molecule has 2 saturated heterocycles. The summed E-state index contributed by atoms with van der Waals surface area (Å²) >= 11 is 0. The summed E-state index contributed by atoms with van der Waals surface area (Å²) < 4.78 is 26.7. The Balaban J connectivity index is 1.35. The SMILES string of the molecule is CC[C@H]1OC(=O)[C@H](C)C(=O)[C@H](C)[C@@H](O[C@@H]2O[C@H](C)CC(N(C)C)C2O)/C(C)=C/CC[C@H](C)[C@H]2N(CCCCn3cc(-c4ccccn4)nn3)C(=O)O[C@]12C. The predicted octanol–water partition coefficient (Wildman–Crippen LogP) is 5.05. The second kappa shape index (κ2) is 17.8. The van der Waals surface area contributed by atoms with Crippen LogP contribution in [0.4, 0.5) is 4.79 Å². The van der Waals surface area contributed by atoms with Crippen molar-refractivity contribution in [3.05, 3.63) is 42.2 Å². The number of carbonyl (C=O) groups is 3. The standard InChI is InChI=1S/C40H60N6O8/c1-10-32-40(7)36(46(39(50)54-40)21-14-13-20-45-23-30(42-43-45)29-18-11-12-19-41-29)25(3)17-15-16-24(2)35(27(5)33(47)28(6)37(49)52-32)53-38-34(48)31(44(8)9)22-26(4)51-38/h11-12,16,18-19,23,25-28,31-32,34-36,38,48H,10,13-15,17,20-22H2,1-9H3/b24-16+/t25-,26+,27-,28+,31?,32+,34?,35-,36+,38-,40+/m0/s1. The zero-order valence-corrected chi connectivity index (χ0v) is 33.4. The summed E-state index contributed by atoms with van der Waals surface area (Å²) in [6.07, 6.45) is 5.42. The highest BCUT2D eigenvalue weighted by Crippen LogP contribution is 2.41. The molecular formula is C40H60N6O8. The maximum atomic E-state index is 14.0. The number of hydrogen-bond donors (Lipinski definition) is 1. The monoisotopic (exact) mass is 752 g/mol. The van der Waals surface area contributed by atoms with Crippen molar-refractivity contribution < 1.29 is 38.4 Å². The number of ketones is 1. The molecule has 5 rings (SSSR count). The minimum Gasteiger partial charge on any atom is -0.458 e. The van der Waals surface area contributed by atoms with Gasteiger partial charge < -0.3 is 33.9 Å². The number of fused-ring (bicyclic) bond motifs is 1. The van der Waals surface area contributed by atoms with E-state index in [-0.39, 0.29) is 23.8 Å². The lowest BCUT2D eigenvalue weighted by Crippen LogP contribution is -2.56. The molecule has 0 spiro atoms. The van der Waals surface area contributed by atoms with E-state index < -0.39 is 60.1 Å². The van der Waals surface area contributed by atoms with Gasteiger partial charge in [0, 0.05) is 31.2 Å². The number of ether oxygens (including phenoxy) is 4. The lowest BCUT2D eigenvalue weighted by Gasteiger charge is -2.43. The summed E-state index contributed by atoms with van der Waals surface area (Å²) in [5.41, 5.74) is 1.12. The van der Waals surface area contributed by atoms with Gasteiger partial charge in [0.05, 0.1) is 30.1 Å². The Morgan fingerprint density at radius 3 is 2.50 bits per heavy atom. The van der Waals surface area contributed by atoms with E-state index in [0.717, 1.165) is 17.7 Å². The number of likely N-dealkylation sites (N-methyl/N-ethyl adjacent to an activating group) is 1. The molecule has 0 aromatic carbocycles. The number of Topliss-reactive ketones (excluding diaryl/α,β-unsaturated/α-hetero) is 1. The fraction of sp³-hybridized carbons (Fsp3) is 0.700. The van der Waals surface area contributed by atoms with E-state index in [1.165, 1.54) is 0 Å². The molecule has 0 saturated carbocycles. The lowest BCUT2D eigenvalue weighted by molar-refractivity contribution is -0.267. The molecule has 0 radical (unpaired) electrons.